The standard InChI is InChI=1S/C24H22N2O3/c1-16-8-4-5-9-18(16)15-26-23(17-12-13-21(28-2)22(14-17)29-3)25-20-11-7-6-10-19(20)24(26)27/h4-14H,15H2,1-3H3. The van der Waals surface area contributed by atoms with Crippen LogP contribution in [0.25, 0.3) is 22.3 Å². The van der Waals surface area contributed by atoms with Gasteiger partial charge >= 0.3 is 0 Å². The Balaban J connectivity index is 1.97. The van der Waals surface area contributed by atoms with Crippen molar-refractivity contribution in [2.24, 2.45) is 0 Å². The molecule has 0 fully saturated rings. The second-order valence-electron chi connectivity index (χ2n) is 6.84. The molecule has 1 heterocycles. The quantitative estimate of drug-likeness (QED) is 0.509. The van der Waals surface area contributed by atoms with E-state index in [9.17, 15) is 4.79 Å². The minimum absolute atomic E-state index is 0.0661. The number of fused-ring (bicyclic) bond motifs is 1. The van der Waals surface area contributed by atoms with Crippen molar-refractivity contribution in [2.75, 3.05) is 14.2 Å². The van der Waals surface area contributed by atoms with Crippen molar-refractivity contribution in [3.05, 3.63) is 88.2 Å². The van der Waals surface area contributed by atoms with E-state index in [0.29, 0.717) is 34.8 Å². The minimum atomic E-state index is -0.0661. The van der Waals surface area contributed by atoms with Crippen molar-refractivity contribution in [3.8, 4) is 22.9 Å². The number of aromatic nitrogens is 2. The summed E-state index contributed by atoms with van der Waals surface area (Å²) in [7, 11) is 3.19. The first-order valence-electron chi connectivity index (χ1n) is 9.39. The number of methoxy groups -OCH3 is 2. The number of hydrogen-bond acceptors (Lipinski definition) is 4. The Labute approximate surface area is 169 Å². The van der Waals surface area contributed by atoms with Gasteiger partial charge in [-0.15, -0.1) is 0 Å². The number of rotatable bonds is 5. The third-order valence-corrected chi connectivity index (χ3v) is 5.09. The second kappa shape index (κ2) is 7.80. The highest BCUT2D eigenvalue weighted by Gasteiger charge is 2.16. The molecule has 0 saturated heterocycles. The summed E-state index contributed by atoms with van der Waals surface area (Å²) in [6.45, 7) is 2.48. The van der Waals surface area contributed by atoms with E-state index in [1.54, 1.807) is 18.8 Å². The summed E-state index contributed by atoms with van der Waals surface area (Å²) in [5.74, 6) is 1.82. The molecular weight excluding hydrogens is 364 g/mol. The van der Waals surface area contributed by atoms with Gasteiger partial charge in [0.1, 0.15) is 5.82 Å². The van der Waals surface area contributed by atoms with Crippen LogP contribution in [0.1, 0.15) is 11.1 Å². The molecule has 1 aromatic heterocycles. The van der Waals surface area contributed by atoms with Crippen LogP contribution in [0.15, 0.2) is 71.5 Å². The first-order valence-corrected chi connectivity index (χ1v) is 9.39. The highest BCUT2D eigenvalue weighted by Crippen LogP contribution is 2.32. The van der Waals surface area contributed by atoms with E-state index in [4.69, 9.17) is 14.5 Å². The van der Waals surface area contributed by atoms with Crippen LogP contribution in [0.2, 0.25) is 0 Å². The van der Waals surface area contributed by atoms with Gasteiger partial charge in [-0.1, -0.05) is 36.4 Å². The molecule has 5 nitrogen and oxygen atoms in total. The van der Waals surface area contributed by atoms with Crippen molar-refractivity contribution >= 4 is 10.9 Å². The normalized spacial score (nSPS) is 10.9. The minimum Gasteiger partial charge on any atom is -0.493 e. The molecule has 0 atom stereocenters. The Hall–Kier alpha value is -3.60. The molecule has 4 aromatic rings. The monoisotopic (exact) mass is 386 g/mol. The van der Waals surface area contributed by atoms with Crippen LogP contribution >= 0.6 is 0 Å². The largest absolute Gasteiger partial charge is 0.493 e. The molecule has 0 N–H and O–H groups in total. The van der Waals surface area contributed by atoms with Gasteiger partial charge < -0.3 is 9.47 Å². The van der Waals surface area contributed by atoms with Gasteiger partial charge in [0.2, 0.25) is 0 Å². The van der Waals surface area contributed by atoms with Crippen LogP contribution in [0.5, 0.6) is 11.5 Å². The fourth-order valence-corrected chi connectivity index (χ4v) is 3.47. The zero-order valence-electron chi connectivity index (χ0n) is 16.7. The second-order valence-corrected chi connectivity index (χ2v) is 6.84. The Kier molecular flexibility index (Phi) is 5.04. The maximum atomic E-state index is 13.4. The van der Waals surface area contributed by atoms with Gasteiger partial charge in [0.05, 0.1) is 31.7 Å². The summed E-state index contributed by atoms with van der Waals surface area (Å²) in [5.41, 5.74) is 3.60. The molecule has 0 aliphatic carbocycles. The number of ether oxygens (including phenoxy) is 2. The van der Waals surface area contributed by atoms with Crippen LogP contribution in [0.3, 0.4) is 0 Å². The van der Waals surface area contributed by atoms with Crippen LogP contribution in [-0.4, -0.2) is 23.8 Å². The molecule has 5 heteroatoms. The lowest BCUT2D eigenvalue weighted by Gasteiger charge is -2.16. The molecule has 0 saturated carbocycles. The SMILES string of the molecule is COc1ccc(-c2nc3ccccc3c(=O)n2Cc2ccccc2C)cc1OC. The molecule has 0 spiro atoms. The molecule has 29 heavy (non-hydrogen) atoms. The average molecular weight is 386 g/mol. The zero-order chi connectivity index (χ0) is 20.4. The van der Waals surface area contributed by atoms with Gasteiger partial charge in [-0.05, 0) is 48.4 Å². The van der Waals surface area contributed by atoms with Crippen LogP contribution in [-0.2, 0) is 6.54 Å². The maximum Gasteiger partial charge on any atom is 0.261 e. The van der Waals surface area contributed by atoms with E-state index < -0.39 is 0 Å². The van der Waals surface area contributed by atoms with E-state index >= 15 is 0 Å². The average Bonchev–Trinajstić information content (AvgIpc) is 2.76. The molecule has 3 aromatic carbocycles. The molecule has 0 unspecified atom stereocenters. The van der Waals surface area contributed by atoms with Crippen LogP contribution in [0.4, 0.5) is 0 Å². The fourth-order valence-electron chi connectivity index (χ4n) is 3.47. The van der Waals surface area contributed by atoms with Gasteiger partial charge in [-0.2, -0.15) is 0 Å². The predicted octanol–water partition coefficient (Wildman–Crippen LogP) is 4.44. The third kappa shape index (κ3) is 3.47. The lowest BCUT2D eigenvalue weighted by molar-refractivity contribution is 0.355. The first-order chi connectivity index (χ1) is 14.1. The fraction of sp³-hybridized carbons (Fsp3) is 0.167. The van der Waals surface area contributed by atoms with Gasteiger partial charge in [0, 0.05) is 5.56 Å². The smallest absolute Gasteiger partial charge is 0.261 e. The van der Waals surface area contributed by atoms with Crippen molar-refractivity contribution in [1.29, 1.82) is 0 Å². The van der Waals surface area contributed by atoms with E-state index in [0.717, 1.165) is 16.7 Å². The van der Waals surface area contributed by atoms with E-state index in [-0.39, 0.29) is 5.56 Å². The first kappa shape index (κ1) is 18.7. The van der Waals surface area contributed by atoms with Crippen molar-refractivity contribution in [3.63, 3.8) is 0 Å². The molecule has 0 radical (unpaired) electrons. The van der Waals surface area contributed by atoms with Crippen molar-refractivity contribution in [1.82, 2.24) is 9.55 Å². The number of hydrogen-bond donors (Lipinski definition) is 0. The lowest BCUT2D eigenvalue weighted by Crippen LogP contribution is -2.24. The lowest BCUT2D eigenvalue weighted by atomic mass is 10.1. The van der Waals surface area contributed by atoms with Gasteiger partial charge in [0.15, 0.2) is 11.5 Å². The van der Waals surface area contributed by atoms with Gasteiger partial charge in [-0.3, -0.25) is 9.36 Å². The van der Waals surface area contributed by atoms with E-state index in [1.807, 2.05) is 73.7 Å². The molecule has 0 aliphatic heterocycles. The topological polar surface area (TPSA) is 53.3 Å². The highest BCUT2D eigenvalue weighted by molar-refractivity contribution is 5.80. The molecule has 0 aliphatic rings. The molecule has 0 bridgehead atoms. The molecule has 4 rings (SSSR count). The number of para-hydroxylation sites is 1. The van der Waals surface area contributed by atoms with Crippen molar-refractivity contribution < 1.29 is 9.47 Å². The third-order valence-electron chi connectivity index (χ3n) is 5.09. The number of benzene rings is 3. The van der Waals surface area contributed by atoms with Crippen LogP contribution < -0.4 is 15.0 Å². The Bertz CT molecular complexity index is 1240. The van der Waals surface area contributed by atoms with Crippen molar-refractivity contribution in [2.45, 2.75) is 13.5 Å². The summed E-state index contributed by atoms with van der Waals surface area (Å²) >= 11 is 0. The Morgan fingerprint density at radius 2 is 1.62 bits per heavy atom. The van der Waals surface area contributed by atoms with E-state index in [1.165, 1.54) is 0 Å². The highest BCUT2D eigenvalue weighted by atomic mass is 16.5. The number of aryl methyl sites for hydroxylation is 1. The summed E-state index contributed by atoms with van der Waals surface area (Å²) < 4.78 is 12.5. The maximum absolute atomic E-state index is 13.4. The zero-order valence-corrected chi connectivity index (χ0v) is 16.7. The summed E-state index contributed by atoms with van der Waals surface area (Å²) in [6.07, 6.45) is 0. The van der Waals surface area contributed by atoms with Crippen LogP contribution in [0, 0.1) is 6.92 Å². The summed E-state index contributed by atoms with van der Waals surface area (Å²) in [5, 5.41) is 0.602. The van der Waals surface area contributed by atoms with Gasteiger partial charge in [-0.25, -0.2) is 4.98 Å². The molecular formula is C24H22N2O3. The van der Waals surface area contributed by atoms with E-state index in [2.05, 4.69) is 0 Å². The molecule has 146 valence electrons. The summed E-state index contributed by atoms with van der Waals surface area (Å²) in [6, 6.07) is 21.1. The number of nitrogens with zero attached hydrogens (tertiary/aromatic N) is 2. The molecule has 0 amide bonds. The van der Waals surface area contributed by atoms with Gasteiger partial charge in [0.25, 0.3) is 5.56 Å². The predicted molar refractivity (Wildman–Crippen MR) is 115 cm³/mol. The Morgan fingerprint density at radius 1 is 0.897 bits per heavy atom. The Morgan fingerprint density at radius 3 is 2.38 bits per heavy atom. The summed E-state index contributed by atoms with van der Waals surface area (Å²) in [4.78, 5) is 18.2.